The van der Waals surface area contributed by atoms with E-state index in [9.17, 15) is 5.11 Å². The first-order valence-corrected chi connectivity index (χ1v) is 4.01. The van der Waals surface area contributed by atoms with Gasteiger partial charge in [-0.05, 0) is 18.3 Å². The molecule has 61 valence electrons. The molecule has 0 aromatic heterocycles. The third kappa shape index (κ3) is 8.48. The van der Waals surface area contributed by atoms with Gasteiger partial charge in [-0.3, -0.25) is 0 Å². The molecular formula is C11H11O. The van der Waals surface area contributed by atoms with Crippen LogP contribution in [0.15, 0.2) is 0 Å². The average molecular weight is 159 g/mol. The molecule has 0 bridgehead atoms. The van der Waals surface area contributed by atoms with E-state index in [1.165, 1.54) is 18.9 Å². The Balaban J connectivity index is 3.47. The summed E-state index contributed by atoms with van der Waals surface area (Å²) in [5, 5.41) is 9.59. The summed E-state index contributed by atoms with van der Waals surface area (Å²) in [5.74, 6) is 12.4. The van der Waals surface area contributed by atoms with E-state index in [1.54, 1.807) is 0 Å². The molecule has 0 aliphatic rings. The highest BCUT2D eigenvalue weighted by molar-refractivity contribution is 5.34. The van der Waals surface area contributed by atoms with Crippen LogP contribution in [0, 0.1) is 35.7 Å². The Bertz CT molecular complexity index is 269. The van der Waals surface area contributed by atoms with Gasteiger partial charge in [0.2, 0.25) is 0 Å². The van der Waals surface area contributed by atoms with Crippen LogP contribution in [0.25, 0.3) is 0 Å². The normalized spacial score (nSPS) is 6.42. The first kappa shape index (κ1) is 10.5. The van der Waals surface area contributed by atoms with E-state index in [4.69, 9.17) is 0 Å². The van der Waals surface area contributed by atoms with E-state index < -0.39 is 0 Å². The molecule has 0 N–H and O–H groups in total. The Morgan fingerprint density at radius 1 is 1.00 bits per heavy atom. The summed E-state index contributed by atoms with van der Waals surface area (Å²) in [6.07, 6.45) is 5.86. The van der Waals surface area contributed by atoms with Gasteiger partial charge in [-0.15, -0.1) is 0 Å². The molecule has 0 saturated heterocycles. The highest BCUT2D eigenvalue weighted by Crippen LogP contribution is 1.96. The lowest BCUT2D eigenvalue weighted by molar-refractivity contribution is 0.392. The third-order valence-electron chi connectivity index (χ3n) is 1.23. The number of hydrogen-bond acceptors (Lipinski definition) is 0. The summed E-state index contributed by atoms with van der Waals surface area (Å²) in [5.41, 5.74) is 0. The van der Waals surface area contributed by atoms with Crippen LogP contribution in [0.5, 0.6) is 0 Å². The summed E-state index contributed by atoms with van der Waals surface area (Å²) in [4.78, 5) is 0. The van der Waals surface area contributed by atoms with Gasteiger partial charge in [-0.1, -0.05) is 25.7 Å². The van der Waals surface area contributed by atoms with E-state index in [0.717, 1.165) is 12.8 Å². The van der Waals surface area contributed by atoms with Crippen LogP contribution in [0.4, 0.5) is 0 Å². The molecule has 0 aliphatic heterocycles. The highest BCUT2D eigenvalue weighted by Gasteiger charge is 1.79. The van der Waals surface area contributed by atoms with Crippen molar-refractivity contribution < 1.29 is 5.11 Å². The molecular weight excluding hydrogens is 148 g/mol. The fourth-order valence-electron chi connectivity index (χ4n) is 0.658. The van der Waals surface area contributed by atoms with Gasteiger partial charge in [0.05, 0.1) is 0 Å². The predicted molar refractivity (Wildman–Crippen MR) is 48.2 cm³/mol. The maximum absolute atomic E-state index is 9.59. The predicted octanol–water partition coefficient (Wildman–Crippen LogP) is 1.96. The SMILES string of the molecule is CCCCCC#CC#CC#C[O]. The van der Waals surface area contributed by atoms with Crippen LogP contribution < -0.4 is 0 Å². The second kappa shape index (κ2) is 9.48. The Hall–Kier alpha value is -1.52. The van der Waals surface area contributed by atoms with Crippen molar-refractivity contribution >= 4 is 0 Å². The molecule has 1 nitrogen and oxygen atoms in total. The standard InChI is InChI=1S/C11H11O/c1-2-3-4-5-6-7-8-9-10-11-12/h2-5H2,1H3. The zero-order valence-electron chi connectivity index (χ0n) is 7.24. The van der Waals surface area contributed by atoms with Crippen LogP contribution in [-0.4, -0.2) is 0 Å². The quantitative estimate of drug-likeness (QED) is 0.443. The summed E-state index contributed by atoms with van der Waals surface area (Å²) in [6.45, 7) is 2.15. The molecule has 0 spiro atoms. The summed E-state index contributed by atoms with van der Waals surface area (Å²) < 4.78 is 0. The third-order valence-corrected chi connectivity index (χ3v) is 1.23. The molecule has 0 heterocycles. The van der Waals surface area contributed by atoms with E-state index in [1.807, 2.05) is 0 Å². The second-order valence-corrected chi connectivity index (χ2v) is 2.24. The minimum absolute atomic E-state index is 0.882. The van der Waals surface area contributed by atoms with Crippen LogP contribution in [0.1, 0.15) is 32.6 Å². The monoisotopic (exact) mass is 159 g/mol. The lowest BCUT2D eigenvalue weighted by Crippen LogP contribution is -1.70. The molecule has 0 saturated carbocycles. The van der Waals surface area contributed by atoms with Crippen molar-refractivity contribution in [3.8, 4) is 35.7 Å². The molecule has 1 radical (unpaired) electrons. The van der Waals surface area contributed by atoms with Crippen molar-refractivity contribution in [3.63, 3.8) is 0 Å². The molecule has 0 aromatic carbocycles. The zero-order chi connectivity index (χ0) is 9.07. The molecule has 12 heavy (non-hydrogen) atoms. The van der Waals surface area contributed by atoms with Gasteiger partial charge in [-0.2, -0.15) is 0 Å². The largest absolute Gasteiger partial charge is 0.223 e. The van der Waals surface area contributed by atoms with Crippen molar-refractivity contribution in [2.45, 2.75) is 32.6 Å². The number of unbranched alkanes of at least 4 members (excludes halogenated alkanes) is 3. The maximum atomic E-state index is 9.59. The fourth-order valence-corrected chi connectivity index (χ4v) is 0.658. The summed E-state index contributed by atoms with van der Waals surface area (Å²) >= 11 is 0. The van der Waals surface area contributed by atoms with Crippen LogP contribution in [-0.2, 0) is 5.11 Å². The summed E-state index contributed by atoms with van der Waals surface area (Å²) in [7, 11) is 0. The smallest absolute Gasteiger partial charge is 0.186 e. The van der Waals surface area contributed by atoms with E-state index in [0.29, 0.717) is 0 Å². The van der Waals surface area contributed by atoms with Crippen LogP contribution >= 0.6 is 0 Å². The van der Waals surface area contributed by atoms with Gasteiger partial charge in [0.1, 0.15) is 0 Å². The van der Waals surface area contributed by atoms with E-state index >= 15 is 0 Å². The Morgan fingerprint density at radius 2 is 1.75 bits per heavy atom. The second-order valence-electron chi connectivity index (χ2n) is 2.24. The summed E-state index contributed by atoms with van der Waals surface area (Å²) in [6, 6.07) is 0. The fraction of sp³-hybridized carbons (Fsp3) is 0.455. The average Bonchev–Trinajstić information content (AvgIpc) is 2.10. The van der Waals surface area contributed by atoms with Crippen molar-refractivity contribution in [3.05, 3.63) is 0 Å². The lowest BCUT2D eigenvalue weighted by Gasteiger charge is -1.86. The molecule has 0 unspecified atom stereocenters. The van der Waals surface area contributed by atoms with Gasteiger partial charge < -0.3 is 0 Å². The lowest BCUT2D eigenvalue weighted by atomic mass is 10.2. The van der Waals surface area contributed by atoms with Gasteiger partial charge in [0.15, 0.2) is 6.11 Å². The van der Waals surface area contributed by atoms with Crippen molar-refractivity contribution in [1.29, 1.82) is 0 Å². The Labute approximate surface area is 74.2 Å². The zero-order valence-corrected chi connectivity index (χ0v) is 7.24. The van der Waals surface area contributed by atoms with E-state index in [-0.39, 0.29) is 0 Å². The first-order chi connectivity index (χ1) is 5.91. The molecule has 0 amide bonds. The molecule has 1 heteroatoms. The number of rotatable bonds is 3. The maximum Gasteiger partial charge on any atom is 0.186 e. The highest BCUT2D eigenvalue weighted by atomic mass is 16.2. The van der Waals surface area contributed by atoms with Gasteiger partial charge in [0.25, 0.3) is 0 Å². The van der Waals surface area contributed by atoms with Gasteiger partial charge in [-0.25, -0.2) is 5.11 Å². The van der Waals surface area contributed by atoms with Crippen LogP contribution in [0.3, 0.4) is 0 Å². The van der Waals surface area contributed by atoms with Crippen LogP contribution in [0.2, 0.25) is 0 Å². The molecule has 0 fully saturated rings. The minimum atomic E-state index is 0.882. The van der Waals surface area contributed by atoms with Gasteiger partial charge >= 0.3 is 0 Å². The van der Waals surface area contributed by atoms with Crippen molar-refractivity contribution in [2.24, 2.45) is 0 Å². The number of hydrogen-bond donors (Lipinski definition) is 0. The molecule has 0 atom stereocenters. The first-order valence-electron chi connectivity index (χ1n) is 4.01. The molecule has 0 aromatic rings. The Morgan fingerprint density at radius 3 is 2.42 bits per heavy atom. The van der Waals surface area contributed by atoms with Crippen molar-refractivity contribution in [2.75, 3.05) is 0 Å². The molecule has 0 rings (SSSR count). The topological polar surface area (TPSA) is 19.9 Å². The van der Waals surface area contributed by atoms with E-state index in [2.05, 4.69) is 36.5 Å². The van der Waals surface area contributed by atoms with Crippen molar-refractivity contribution in [1.82, 2.24) is 0 Å². The minimum Gasteiger partial charge on any atom is -0.223 e. The van der Waals surface area contributed by atoms with Gasteiger partial charge in [0, 0.05) is 18.3 Å². The molecule has 0 aliphatic carbocycles. The Kier molecular flexibility index (Phi) is 8.28.